The van der Waals surface area contributed by atoms with Crippen molar-refractivity contribution in [1.82, 2.24) is 0 Å². The van der Waals surface area contributed by atoms with Crippen LogP contribution in [0.4, 0.5) is 0 Å². The average Bonchev–Trinajstić information content (AvgIpc) is 2.82. The van der Waals surface area contributed by atoms with Crippen molar-refractivity contribution in [3.63, 3.8) is 0 Å². The summed E-state index contributed by atoms with van der Waals surface area (Å²) in [5.74, 6) is 2.55. The number of ether oxygens (including phenoxy) is 3. The normalized spacial score (nSPS) is 27.4. The Morgan fingerprint density at radius 1 is 0.971 bits per heavy atom. The van der Waals surface area contributed by atoms with Crippen LogP contribution in [0, 0.1) is 17.8 Å². The summed E-state index contributed by atoms with van der Waals surface area (Å²) in [5.41, 5.74) is 4.72. The van der Waals surface area contributed by atoms with Gasteiger partial charge in [-0.15, -0.1) is 0 Å². The number of aliphatic carboxylic acids is 1. The van der Waals surface area contributed by atoms with Crippen LogP contribution in [-0.2, 0) is 19.7 Å². The van der Waals surface area contributed by atoms with E-state index in [1.165, 1.54) is 55.7 Å². The second-order valence-electron chi connectivity index (χ2n) is 10.4. The molecule has 5 heteroatoms. The predicted molar refractivity (Wildman–Crippen MR) is 132 cm³/mol. The molecule has 180 valence electrons. The number of rotatable bonds is 10. The zero-order chi connectivity index (χ0) is 23.5. The van der Waals surface area contributed by atoms with E-state index in [9.17, 15) is 4.79 Å². The van der Waals surface area contributed by atoms with Crippen molar-refractivity contribution < 1.29 is 24.1 Å². The second-order valence-corrected chi connectivity index (χ2v) is 10.4. The zero-order valence-electron chi connectivity index (χ0n) is 19.9. The molecule has 4 fully saturated rings. The maximum atomic E-state index is 10.8. The molecule has 0 spiro atoms. The molecule has 4 aliphatic carbocycles. The first-order valence-electron chi connectivity index (χ1n) is 12.4. The van der Waals surface area contributed by atoms with Crippen LogP contribution in [0.15, 0.2) is 48.5 Å². The van der Waals surface area contributed by atoms with Crippen molar-refractivity contribution in [1.29, 1.82) is 0 Å². The minimum Gasteiger partial charge on any atom is -0.478 e. The summed E-state index contributed by atoms with van der Waals surface area (Å²) >= 11 is 0. The predicted octanol–water partition coefficient (Wildman–Crippen LogP) is 5.92. The van der Waals surface area contributed by atoms with Gasteiger partial charge in [0.15, 0.2) is 6.79 Å². The van der Waals surface area contributed by atoms with E-state index in [4.69, 9.17) is 19.3 Å². The van der Waals surface area contributed by atoms with Gasteiger partial charge < -0.3 is 19.3 Å². The molecule has 5 nitrogen and oxygen atoms in total. The van der Waals surface area contributed by atoms with E-state index < -0.39 is 5.97 Å². The lowest BCUT2D eigenvalue weighted by Gasteiger charge is -2.57. The Kier molecular flexibility index (Phi) is 6.75. The Bertz CT molecular complexity index is 1000. The summed E-state index contributed by atoms with van der Waals surface area (Å²) in [6, 6.07) is 14.6. The summed E-state index contributed by atoms with van der Waals surface area (Å²) in [4.78, 5) is 10.8. The highest BCUT2D eigenvalue weighted by Crippen LogP contribution is 2.62. The van der Waals surface area contributed by atoms with E-state index in [2.05, 4.69) is 30.3 Å². The summed E-state index contributed by atoms with van der Waals surface area (Å²) < 4.78 is 16.9. The summed E-state index contributed by atoms with van der Waals surface area (Å²) in [7, 11) is 1.67. The number of hydrogen-bond acceptors (Lipinski definition) is 4. The fourth-order valence-corrected chi connectivity index (χ4v) is 6.95. The molecule has 0 aliphatic heterocycles. The molecule has 34 heavy (non-hydrogen) atoms. The van der Waals surface area contributed by atoms with E-state index in [1.54, 1.807) is 13.2 Å². The molecule has 4 saturated carbocycles. The molecule has 6 rings (SSSR count). The van der Waals surface area contributed by atoms with E-state index in [0.29, 0.717) is 13.2 Å². The van der Waals surface area contributed by atoms with Crippen LogP contribution in [0.3, 0.4) is 0 Å². The molecular formula is C29H34O5. The SMILES string of the molecule is COCCOCOc1ccc(-c2ccc(/C=C/C(=O)O)cc2)cc1C12CC3CC(CC(C3)C1)C2. The van der Waals surface area contributed by atoms with Crippen LogP contribution in [0.5, 0.6) is 5.75 Å². The minimum absolute atomic E-state index is 0.205. The number of hydrogen-bond donors (Lipinski definition) is 1. The molecule has 1 N–H and O–H groups in total. The van der Waals surface area contributed by atoms with E-state index in [-0.39, 0.29) is 12.2 Å². The first kappa shape index (κ1) is 23.1. The molecule has 2 aromatic carbocycles. The van der Waals surface area contributed by atoms with Gasteiger partial charge in [0.1, 0.15) is 5.75 Å². The number of methoxy groups -OCH3 is 1. The standard InChI is InChI=1S/C29H34O5/c1-32-10-11-33-19-34-27-8-7-25(24-5-2-20(3-6-24)4-9-28(30)31)15-26(27)29-16-21-12-22(17-29)14-23(13-21)18-29/h2-9,15,21-23H,10-14,16-19H2,1H3,(H,30,31)/b9-4+. The summed E-state index contributed by atoms with van der Waals surface area (Å²) in [6.07, 6.45) is 10.8. The van der Waals surface area contributed by atoms with Crippen LogP contribution >= 0.6 is 0 Å². The van der Waals surface area contributed by atoms with Gasteiger partial charge >= 0.3 is 5.97 Å². The third-order valence-corrected chi connectivity index (χ3v) is 7.98. The lowest BCUT2D eigenvalue weighted by molar-refractivity contribution is -0.131. The van der Waals surface area contributed by atoms with Gasteiger partial charge in [-0.25, -0.2) is 4.79 Å². The fourth-order valence-electron chi connectivity index (χ4n) is 6.95. The van der Waals surface area contributed by atoms with Gasteiger partial charge in [0.05, 0.1) is 13.2 Å². The van der Waals surface area contributed by atoms with Gasteiger partial charge in [-0.05, 0) is 96.6 Å². The van der Waals surface area contributed by atoms with Gasteiger partial charge in [-0.2, -0.15) is 0 Å². The molecule has 0 aromatic heterocycles. The van der Waals surface area contributed by atoms with Crippen LogP contribution < -0.4 is 4.74 Å². The lowest BCUT2D eigenvalue weighted by Crippen LogP contribution is -2.48. The third-order valence-electron chi connectivity index (χ3n) is 7.98. The lowest BCUT2D eigenvalue weighted by atomic mass is 9.48. The maximum Gasteiger partial charge on any atom is 0.328 e. The van der Waals surface area contributed by atoms with Gasteiger partial charge in [0.25, 0.3) is 0 Å². The van der Waals surface area contributed by atoms with Crippen molar-refractivity contribution in [2.45, 2.75) is 43.9 Å². The van der Waals surface area contributed by atoms with Crippen molar-refractivity contribution in [3.8, 4) is 16.9 Å². The number of benzene rings is 2. The van der Waals surface area contributed by atoms with Crippen molar-refractivity contribution in [2.75, 3.05) is 27.1 Å². The van der Waals surface area contributed by atoms with Gasteiger partial charge in [0, 0.05) is 18.7 Å². The summed E-state index contributed by atoms with van der Waals surface area (Å²) in [6.45, 7) is 1.30. The maximum absolute atomic E-state index is 10.8. The van der Waals surface area contributed by atoms with Crippen LogP contribution in [0.1, 0.15) is 49.7 Å². The molecule has 2 aromatic rings. The highest BCUT2D eigenvalue weighted by molar-refractivity contribution is 5.85. The zero-order valence-corrected chi connectivity index (χ0v) is 19.9. The first-order valence-corrected chi connectivity index (χ1v) is 12.4. The van der Waals surface area contributed by atoms with E-state index in [1.807, 2.05) is 12.1 Å². The molecule has 0 amide bonds. The minimum atomic E-state index is -0.939. The number of carbonyl (C=O) groups is 1. The number of carboxylic acid groups (broad SMARTS) is 1. The Labute approximate surface area is 201 Å². The summed E-state index contributed by atoms with van der Waals surface area (Å²) in [5, 5.41) is 8.87. The molecule has 0 atom stereocenters. The Morgan fingerprint density at radius 3 is 2.24 bits per heavy atom. The van der Waals surface area contributed by atoms with Crippen LogP contribution in [0.2, 0.25) is 0 Å². The monoisotopic (exact) mass is 462 g/mol. The van der Waals surface area contributed by atoms with E-state index in [0.717, 1.165) is 34.6 Å². The van der Waals surface area contributed by atoms with Crippen molar-refractivity contribution in [2.24, 2.45) is 17.8 Å². The Morgan fingerprint density at radius 2 is 1.62 bits per heavy atom. The molecule has 4 aliphatic rings. The molecule has 0 radical (unpaired) electrons. The quantitative estimate of drug-likeness (QED) is 0.270. The smallest absolute Gasteiger partial charge is 0.328 e. The molecular weight excluding hydrogens is 428 g/mol. The highest BCUT2D eigenvalue weighted by atomic mass is 16.7. The van der Waals surface area contributed by atoms with E-state index >= 15 is 0 Å². The Balaban J connectivity index is 1.44. The second kappa shape index (κ2) is 9.93. The molecule has 0 saturated heterocycles. The largest absolute Gasteiger partial charge is 0.478 e. The molecule has 0 unspecified atom stereocenters. The van der Waals surface area contributed by atoms with Gasteiger partial charge in [0.2, 0.25) is 0 Å². The number of carboxylic acids is 1. The highest BCUT2D eigenvalue weighted by Gasteiger charge is 2.52. The van der Waals surface area contributed by atoms with Crippen molar-refractivity contribution in [3.05, 3.63) is 59.7 Å². The van der Waals surface area contributed by atoms with Crippen LogP contribution in [-0.4, -0.2) is 38.2 Å². The molecule has 4 bridgehead atoms. The fraction of sp³-hybridized carbons (Fsp3) is 0.483. The van der Waals surface area contributed by atoms with Gasteiger partial charge in [-0.3, -0.25) is 0 Å². The van der Waals surface area contributed by atoms with Crippen LogP contribution in [0.25, 0.3) is 17.2 Å². The third kappa shape index (κ3) is 4.91. The Hall–Kier alpha value is -2.63. The van der Waals surface area contributed by atoms with Crippen molar-refractivity contribution >= 4 is 12.0 Å². The average molecular weight is 463 g/mol. The molecule has 0 heterocycles. The first-order chi connectivity index (χ1) is 16.5. The topological polar surface area (TPSA) is 65.0 Å². The van der Waals surface area contributed by atoms with Gasteiger partial charge in [-0.1, -0.05) is 30.3 Å².